The number of benzene rings is 1. The van der Waals surface area contributed by atoms with Gasteiger partial charge in [-0.2, -0.15) is 10.1 Å². The summed E-state index contributed by atoms with van der Waals surface area (Å²) in [6.07, 6.45) is 4.64. The maximum atomic E-state index is 12.9. The third-order valence-corrected chi connectivity index (χ3v) is 9.17. The Bertz CT molecular complexity index is 1720. The number of nitrogens with zero attached hydrogens (tertiary/aromatic N) is 5. The van der Waals surface area contributed by atoms with Crippen LogP contribution in [-0.2, 0) is 19.5 Å². The second-order valence-corrected chi connectivity index (χ2v) is 14.3. The fourth-order valence-electron chi connectivity index (χ4n) is 5.74. The average Bonchev–Trinajstić information content (AvgIpc) is 3.67. The first kappa shape index (κ1) is 31.4. The van der Waals surface area contributed by atoms with Gasteiger partial charge in [-0.15, -0.1) is 0 Å². The Morgan fingerprint density at radius 3 is 2.47 bits per heavy atom. The summed E-state index contributed by atoms with van der Waals surface area (Å²) >= 11 is 0. The van der Waals surface area contributed by atoms with Gasteiger partial charge in [-0.05, 0) is 84.1 Å². The molecule has 45 heavy (non-hydrogen) atoms. The van der Waals surface area contributed by atoms with Gasteiger partial charge in [0.05, 0.1) is 17.2 Å². The highest BCUT2D eigenvalue weighted by Gasteiger charge is 2.52. The number of amides is 1. The van der Waals surface area contributed by atoms with Gasteiger partial charge in [0.25, 0.3) is 0 Å². The lowest BCUT2D eigenvalue weighted by molar-refractivity contribution is -0.0368. The summed E-state index contributed by atoms with van der Waals surface area (Å²) in [6, 6.07) is 7.94. The van der Waals surface area contributed by atoms with Crippen molar-refractivity contribution >= 4 is 29.5 Å². The topological polar surface area (TPSA) is 126 Å². The lowest BCUT2D eigenvalue weighted by atomic mass is 9.80. The Kier molecular flexibility index (Phi) is 7.90. The van der Waals surface area contributed by atoms with Gasteiger partial charge in [0, 0.05) is 34.6 Å². The van der Waals surface area contributed by atoms with E-state index in [0.717, 1.165) is 58.1 Å². The van der Waals surface area contributed by atoms with E-state index in [1.54, 1.807) is 0 Å². The molecule has 1 amide bonds. The molecule has 11 nitrogen and oxygen atoms in total. The van der Waals surface area contributed by atoms with Crippen LogP contribution >= 0.6 is 0 Å². The zero-order valence-corrected chi connectivity index (χ0v) is 27.7. The van der Waals surface area contributed by atoms with Gasteiger partial charge in [-0.3, -0.25) is 4.79 Å². The van der Waals surface area contributed by atoms with E-state index in [4.69, 9.17) is 28.7 Å². The Morgan fingerprint density at radius 1 is 1.11 bits per heavy atom. The molecule has 1 unspecified atom stereocenters. The maximum absolute atomic E-state index is 12.9. The van der Waals surface area contributed by atoms with Crippen LogP contribution in [0.3, 0.4) is 0 Å². The summed E-state index contributed by atoms with van der Waals surface area (Å²) in [4.78, 5) is 22.1. The van der Waals surface area contributed by atoms with Crippen molar-refractivity contribution in [3.63, 3.8) is 0 Å². The summed E-state index contributed by atoms with van der Waals surface area (Å²) < 4.78 is 26.0. The molecule has 238 valence electrons. The van der Waals surface area contributed by atoms with Crippen molar-refractivity contribution in [2.24, 2.45) is 0 Å². The van der Waals surface area contributed by atoms with E-state index in [0.29, 0.717) is 12.4 Å². The normalized spacial score (nSPS) is 20.5. The van der Waals surface area contributed by atoms with Crippen LogP contribution in [0.4, 0.5) is 0 Å². The fourth-order valence-corrected chi connectivity index (χ4v) is 5.74. The van der Waals surface area contributed by atoms with Crippen LogP contribution in [-0.4, -0.2) is 55.7 Å². The summed E-state index contributed by atoms with van der Waals surface area (Å²) in [5.74, 6) is 0.0306. The molecule has 2 aliphatic rings. The second-order valence-electron chi connectivity index (χ2n) is 14.3. The van der Waals surface area contributed by atoms with Gasteiger partial charge < -0.3 is 23.9 Å². The standard InChI is InChI=1S/C33H43BN6O5/c1-19-16-21(13-14-23(19)20(2)36-28(41)29-37-30(39-43-29)31(3,4)5)26-24-17-22(34-44-32(6,7)33(8,9)45-34)18-35-27(24)40(38-26)25-12-10-11-15-42-25/h13-14,16-18,20,25H,10-12,15H2,1-9H3,(H,36,41)/t20-,25?/m1/s1. The molecule has 1 aromatic carbocycles. The molecule has 12 heteroatoms. The zero-order chi connectivity index (χ0) is 32.3. The van der Waals surface area contributed by atoms with Gasteiger partial charge in [-0.1, -0.05) is 38.1 Å². The monoisotopic (exact) mass is 614 g/mol. The summed E-state index contributed by atoms with van der Waals surface area (Å²) in [6.45, 7) is 18.7. The molecule has 6 rings (SSSR count). The van der Waals surface area contributed by atoms with E-state index in [1.807, 2.05) is 85.3 Å². The lowest BCUT2D eigenvalue weighted by Crippen LogP contribution is -2.41. The number of carbonyl (C=O) groups is 1. The van der Waals surface area contributed by atoms with Crippen LogP contribution in [0.5, 0.6) is 0 Å². The van der Waals surface area contributed by atoms with Crippen molar-refractivity contribution in [1.82, 2.24) is 30.2 Å². The van der Waals surface area contributed by atoms with Gasteiger partial charge in [0.1, 0.15) is 5.69 Å². The number of fused-ring (bicyclic) bond motifs is 1. The Hall–Kier alpha value is -3.61. The van der Waals surface area contributed by atoms with Crippen LogP contribution in [0.25, 0.3) is 22.3 Å². The quantitative estimate of drug-likeness (QED) is 0.277. The molecular weight excluding hydrogens is 571 g/mol. The highest BCUT2D eigenvalue weighted by atomic mass is 16.7. The van der Waals surface area contributed by atoms with Crippen molar-refractivity contribution in [3.8, 4) is 11.3 Å². The Morgan fingerprint density at radius 2 is 1.84 bits per heavy atom. The van der Waals surface area contributed by atoms with Crippen molar-refractivity contribution in [1.29, 1.82) is 0 Å². The first-order valence-electron chi connectivity index (χ1n) is 15.8. The number of aromatic nitrogens is 5. The second kappa shape index (κ2) is 11.3. The molecule has 0 aliphatic carbocycles. The van der Waals surface area contributed by atoms with Crippen molar-refractivity contribution < 1.29 is 23.4 Å². The highest BCUT2D eigenvalue weighted by molar-refractivity contribution is 6.62. The number of hydrogen-bond acceptors (Lipinski definition) is 9. The minimum absolute atomic E-state index is 0.0479. The lowest BCUT2D eigenvalue weighted by Gasteiger charge is -2.32. The molecule has 0 radical (unpaired) electrons. The van der Waals surface area contributed by atoms with Crippen LogP contribution in [0, 0.1) is 6.92 Å². The van der Waals surface area contributed by atoms with Crippen LogP contribution in [0.15, 0.2) is 35.0 Å². The Balaban J connectivity index is 1.32. The number of rotatable bonds is 6. The molecule has 5 heterocycles. The Labute approximate surface area is 264 Å². The molecule has 2 aliphatic heterocycles. The molecule has 0 bridgehead atoms. The molecule has 0 saturated carbocycles. The SMILES string of the molecule is Cc1cc(-c2nn(C3CCCCO3)c3ncc(B4OC(C)(C)C(C)(C)O4)cc23)ccc1[C@@H](C)NC(=O)c1nc(C(C)(C)C)no1. The van der Waals surface area contributed by atoms with Gasteiger partial charge in [0.15, 0.2) is 17.7 Å². The molecule has 2 fully saturated rings. The van der Waals surface area contributed by atoms with Gasteiger partial charge in [0.2, 0.25) is 0 Å². The number of aryl methyl sites for hydroxylation is 1. The van der Waals surface area contributed by atoms with E-state index < -0.39 is 24.2 Å². The smallest absolute Gasteiger partial charge is 0.399 e. The van der Waals surface area contributed by atoms with Crippen molar-refractivity contribution in [2.45, 2.75) is 110 Å². The van der Waals surface area contributed by atoms with Crippen molar-refractivity contribution in [2.75, 3.05) is 6.61 Å². The van der Waals surface area contributed by atoms with E-state index >= 15 is 0 Å². The van der Waals surface area contributed by atoms with E-state index in [2.05, 4.69) is 27.6 Å². The minimum atomic E-state index is -0.541. The molecule has 3 aromatic heterocycles. The predicted octanol–water partition coefficient (Wildman–Crippen LogP) is 5.58. The van der Waals surface area contributed by atoms with Crippen LogP contribution in [0.1, 0.15) is 115 Å². The minimum Gasteiger partial charge on any atom is -0.399 e. The molecule has 2 saturated heterocycles. The van der Waals surface area contributed by atoms with Crippen LogP contribution < -0.4 is 10.8 Å². The number of nitrogens with one attached hydrogen (secondary N) is 1. The number of pyridine rings is 1. The third-order valence-electron chi connectivity index (χ3n) is 9.17. The first-order valence-corrected chi connectivity index (χ1v) is 15.8. The van der Waals surface area contributed by atoms with Crippen LogP contribution in [0.2, 0.25) is 0 Å². The molecule has 0 spiro atoms. The molecule has 2 atom stereocenters. The highest BCUT2D eigenvalue weighted by Crippen LogP contribution is 2.38. The van der Waals surface area contributed by atoms with Gasteiger partial charge >= 0.3 is 18.9 Å². The molecule has 1 N–H and O–H groups in total. The maximum Gasteiger partial charge on any atom is 0.496 e. The van der Waals surface area contributed by atoms with E-state index in [-0.39, 0.29) is 23.6 Å². The largest absolute Gasteiger partial charge is 0.496 e. The first-order chi connectivity index (χ1) is 21.1. The van der Waals surface area contributed by atoms with E-state index in [9.17, 15) is 4.79 Å². The third kappa shape index (κ3) is 5.91. The van der Waals surface area contributed by atoms with Gasteiger partial charge in [-0.25, -0.2) is 9.67 Å². The zero-order valence-electron chi connectivity index (χ0n) is 27.7. The number of carbonyl (C=O) groups excluding carboxylic acids is 1. The molecular formula is C33H43BN6O5. The van der Waals surface area contributed by atoms with E-state index in [1.165, 1.54) is 0 Å². The summed E-state index contributed by atoms with van der Waals surface area (Å²) in [5.41, 5.74) is 4.07. The predicted molar refractivity (Wildman–Crippen MR) is 171 cm³/mol. The number of hydrogen-bond donors (Lipinski definition) is 1. The summed E-state index contributed by atoms with van der Waals surface area (Å²) in [5, 5.41) is 13.0. The number of ether oxygens (including phenoxy) is 1. The fraction of sp³-hybridized carbons (Fsp3) is 0.545. The average molecular weight is 615 g/mol. The molecule has 4 aromatic rings. The van der Waals surface area contributed by atoms with Crippen molar-refractivity contribution in [3.05, 3.63) is 53.3 Å². The summed E-state index contributed by atoms with van der Waals surface area (Å²) in [7, 11) is -0.541.